The largest absolute Gasteiger partial charge is 0.390 e. The topological polar surface area (TPSA) is 36.4 Å². The Morgan fingerprint density at radius 3 is 2.30 bits per heavy atom. The predicted octanol–water partition coefficient (Wildman–Crippen LogP) is 4.57. The Kier molecular flexibility index (Phi) is 10.6. The number of aliphatic imine (C=N–C) groups is 1. The van der Waals surface area contributed by atoms with Crippen molar-refractivity contribution in [3.8, 4) is 0 Å². The monoisotopic (exact) mass is 463 g/mol. The van der Waals surface area contributed by atoms with Gasteiger partial charge in [0.2, 0.25) is 0 Å². The Labute approximate surface area is 157 Å². The molecule has 2 N–H and O–H groups in total. The summed E-state index contributed by atoms with van der Waals surface area (Å²) in [6.07, 6.45) is -4.16. The van der Waals surface area contributed by atoms with Gasteiger partial charge in [0.15, 0.2) is 5.96 Å². The fourth-order valence-corrected chi connectivity index (χ4v) is 2.12. The summed E-state index contributed by atoms with van der Waals surface area (Å²) in [6, 6.07) is 7.57. The molecule has 0 bridgehead atoms. The second kappa shape index (κ2) is 11.0. The second-order valence-electron chi connectivity index (χ2n) is 4.90. The number of hydrogen-bond donors (Lipinski definition) is 2. The lowest BCUT2D eigenvalue weighted by Gasteiger charge is -2.19. The van der Waals surface area contributed by atoms with Crippen molar-refractivity contribution >= 4 is 41.5 Å². The van der Waals surface area contributed by atoms with Crippen LogP contribution in [0.25, 0.3) is 0 Å². The molecule has 1 aromatic carbocycles. The number of nitrogens with zero attached hydrogens (tertiary/aromatic N) is 1. The van der Waals surface area contributed by atoms with Gasteiger partial charge in [0.1, 0.15) is 0 Å². The maximum atomic E-state index is 12.1. The third-order valence-electron chi connectivity index (χ3n) is 3.27. The summed E-state index contributed by atoms with van der Waals surface area (Å²) in [5.74, 6) is 0.607. The van der Waals surface area contributed by atoms with Crippen molar-refractivity contribution in [2.24, 2.45) is 4.99 Å². The third kappa shape index (κ3) is 9.24. The van der Waals surface area contributed by atoms with E-state index in [-0.39, 0.29) is 36.4 Å². The number of hydrogen-bond acceptors (Lipinski definition) is 1. The average Bonchev–Trinajstić information content (AvgIpc) is 2.46. The molecule has 0 saturated carbocycles. The molecule has 0 spiro atoms. The van der Waals surface area contributed by atoms with Crippen molar-refractivity contribution < 1.29 is 13.2 Å². The third-order valence-corrected chi connectivity index (χ3v) is 3.53. The van der Waals surface area contributed by atoms with Crippen molar-refractivity contribution in [2.75, 3.05) is 20.1 Å². The fraction of sp³-hybridized carbons (Fsp3) is 0.533. The van der Waals surface area contributed by atoms with E-state index in [1.54, 1.807) is 0 Å². The van der Waals surface area contributed by atoms with Gasteiger partial charge in [-0.25, -0.2) is 0 Å². The molecule has 1 atom stereocenters. The van der Waals surface area contributed by atoms with E-state index in [0.717, 1.165) is 12.0 Å². The Balaban J connectivity index is 0.00000484. The van der Waals surface area contributed by atoms with Crippen LogP contribution in [0.5, 0.6) is 0 Å². The van der Waals surface area contributed by atoms with Gasteiger partial charge in [-0.1, -0.05) is 30.7 Å². The highest BCUT2D eigenvalue weighted by Gasteiger charge is 2.26. The molecule has 0 radical (unpaired) electrons. The van der Waals surface area contributed by atoms with Gasteiger partial charge in [-0.05, 0) is 24.1 Å². The van der Waals surface area contributed by atoms with Gasteiger partial charge < -0.3 is 10.6 Å². The second-order valence-corrected chi connectivity index (χ2v) is 5.34. The number of benzene rings is 1. The maximum Gasteiger partial charge on any atom is 0.390 e. The molecule has 8 heteroatoms. The van der Waals surface area contributed by atoms with E-state index in [4.69, 9.17) is 11.6 Å². The zero-order valence-corrected chi connectivity index (χ0v) is 16.2. The molecular weight excluding hydrogens is 442 g/mol. The molecule has 23 heavy (non-hydrogen) atoms. The van der Waals surface area contributed by atoms with Gasteiger partial charge in [-0.3, -0.25) is 4.99 Å². The van der Waals surface area contributed by atoms with E-state index >= 15 is 0 Å². The number of alkyl halides is 3. The van der Waals surface area contributed by atoms with Crippen LogP contribution in [-0.2, 0) is 0 Å². The molecule has 0 saturated heterocycles. The SMILES string of the molecule is CCC(CNC(=NC)NCCC(F)(F)F)c1ccc(Cl)cc1.I. The molecular formula is C15H22ClF3IN3. The minimum absolute atomic E-state index is 0. The number of guanidine groups is 1. The number of nitrogens with one attached hydrogen (secondary N) is 2. The highest BCUT2D eigenvalue weighted by molar-refractivity contribution is 14.0. The predicted molar refractivity (Wildman–Crippen MR) is 99.9 cm³/mol. The van der Waals surface area contributed by atoms with Crippen LogP contribution in [0.15, 0.2) is 29.3 Å². The van der Waals surface area contributed by atoms with Crippen LogP contribution in [0.1, 0.15) is 31.2 Å². The molecule has 0 aromatic heterocycles. The lowest BCUT2D eigenvalue weighted by molar-refractivity contribution is -0.132. The number of rotatable bonds is 6. The van der Waals surface area contributed by atoms with Crippen LogP contribution in [0.2, 0.25) is 5.02 Å². The van der Waals surface area contributed by atoms with Crippen molar-refractivity contribution in [1.82, 2.24) is 10.6 Å². The quantitative estimate of drug-likeness (QED) is 0.368. The minimum atomic E-state index is -4.17. The molecule has 0 aliphatic heterocycles. The highest BCUT2D eigenvalue weighted by atomic mass is 127. The van der Waals surface area contributed by atoms with E-state index in [0.29, 0.717) is 17.5 Å². The summed E-state index contributed by atoms with van der Waals surface area (Å²) in [5, 5.41) is 6.40. The van der Waals surface area contributed by atoms with Crippen LogP contribution >= 0.6 is 35.6 Å². The molecule has 3 nitrogen and oxygen atoms in total. The Morgan fingerprint density at radius 1 is 1.22 bits per heavy atom. The zero-order chi connectivity index (χ0) is 16.6. The van der Waals surface area contributed by atoms with Crippen molar-refractivity contribution in [2.45, 2.75) is 31.9 Å². The van der Waals surface area contributed by atoms with Crippen molar-refractivity contribution in [3.63, 3.8) is 0 Å². The van der Waals surface area contributed by atoms with Gasteiger partial charge in [0, 0.05) is 31.1 Å². The first kappa shape index (κ1) is 22.3. The summed E-state index contributed by atoms with van der Waals surface area (Å²) in [5.41, 5.74) is 1.13. The van der Waals surface area contributed by atoms with E-state index in [1.165, 1.54) is 7.05 Å². The molecule has 0 aliphatic rings. The van der Waals surface area contributed by atoms with Crippen molar-refractivity contribution in [1.29, 1.82) is 0 Å². The first-order chi connectivity index (χ1) is 10.4. The van der Waals surface area contributed by atoms with Gasteiger partial charge in [-0.15, -0.1) is 24.0 Å². The smallest absolute Gasteiger partial charge is 0.356 e. The fourth-order valence-electron chi connectivity index (χ4n) is 2.00. The zero-order valence-electron chi connectivity index (χ0n) is 13.1. The van der Waals surface area contributed by atoms with E-state index in [9.17, 15) is 13.2 Å². The molecule has 0 fully saturated rings. The molecule has 0 heterocycles. The minimum Gasteiger partial charge on any atom is -0.356 e. The van der Waals surface area contributed by atoms with Crippen LogP contribution < -0.4 is 10.6 Å². The van der Waals surface area contributed by atoms with Crippen LogP contribution in [0, 0.1) is 0 Å². The summed E-state index contributed by atoms with van der Waals surface area (Å²) < 4.78 is 36.4. The van der Waals surface area contributed by atoms with Crippen LogP contribution in [-0.4, -0.2) is 32.3 Å². The molecule has 1 unspecified atom stereocenters. The maximum absolute atomic E-state index is 12.1. The molecule has 1 rings (SSSR count). The highest BCUT2D eigenvalue weighted by Crippen LogP contribution is 2.21. The van der Waals surface area contributed by atoms with Crippen LogP contribution in [0.3, 0.4) is 0 Å². The lowest BCUT2D eigenvalue weighted by Crippen LogP contribution is -2.40. The summed E-state index contributed by atoms with van der Waals surface area (Å²) in [6.45, 7) is 2.45. The normalized spacial score (nSPS) is 13.2. The van der Waals surface area contributed by atoms with E-state index < -0.39 is 12.6 Å². The summed E-state index contributed by atoms with van der Waals surface area (Å²) in [7, 11) is 1.53. The number of halogens is 5. The Hall–Kier alpha value is -0.700. The van der Waals surface area contributed by atoms with E-state index in [2.05, 4.69) is 22.5 Å². The van der Waals surface area contributed by atoms with Gasteiger partial charge in [-0.2, -0.15) is 13.2 Å². The molecule has 0 amide bonds. The first-order valence-corrected chi connectivity index (χ1v) is 7.50. The van der Waals surface area contributed by atoms with E-state index in [1.807, 2.05) is 24.3 Å². The summed E-state index contributed by atoms with van der Waals surface area (Å²) in [4.78, 5) is 3.93. The first-order valence-electron chi connectivity index (χ1n) is 7.12. The summed E-state index contributed by atoms with van der Waals surface area (Å²) >= 11 is 5.87. The molecule has 132 valence electrons. The van der Waals surface area contributed by atoms with Crippen LogP contribution in [0.4, 0.5) is 13.2 Å². The standard InChI is InChI=1S/C15H21ClF3N3.HI/c1-3-11(12-4-6-13(16)7-5-12)10-22-14(20-2)21-9-8-15(17,18)19;/h4-7,11H,3,8-10H2,1-2H3,(H2,20,21,22);1H. The molecule has 1 aromatic rings. The van der Waals surface area contributed by atoms with Crippen molar-refractivity contribution in [3.05, 3.63) is 34.9 Å². The lowest BCUT2D eigenvalue weighted by atomic mass is 9.96. The van der Waals surface area contributed by atoms with Gasteiger partial charge in [0.05, 0.1) is 6.42 Å². The Bertz CT molecular complexity index is 478. The molecule has 0 aliphatic carbocycles. The van der Waals surface area contributed by atoms with Gasteiger partial charge in [0.25, 0.3) is 0 Å². The Morgan fingerprint density at radius 2 is 1.83 bits per heavy atom. The van der Waals surface area contributed by atoms with Gasteiger partial charge >= 0.3 is 6.18 Å². The average molecular weight is 464 g/mol.